The lowest BCUT2D eigenvalue weighted by atomic mass is 9.85. The monoisotopic (exact) mass is 333 g/mol. The maximum Gasteiger partial charge on any atom is 0.324 e. The van der Waals surface area contributed by atoms with Crippen LogP contribution in [-0.4, -0.2) is 45.9 Å². The van der Waals surface area contributed by atoms with Crippen LogP contribution in [-0.2, 0) is 4.79 Å². The predicted molar refractivity (Wildman–Crippen MR) is 83.8 cm³/mol. The first-order chi connectivity index (χ1) is 9.62. The topological polar surface area (TPSA) is 75.1 Å². The van der Waals surface area contributed by atoms with Crippen LogP contribution >= 0.6 is 34.9 Å². The van der Waals surface area contributed by atoms with E-state index in [1.807, 2.05) is 6.26 Å². The first-order valence-corrected chi connectivity index (χ1v) is 9.57. The fourth-order valence-electron chi connectivity index (χ4n) is 2.81. The van der Waals surface area contributed by atoms with Crippen molar-refractivity contribution in [1.82, 2.24) is 15.5 Å². The van der Waals surface area contributed by atoms with E-state index in [0.29, 0.717) is 0 Å². The average molecular weight is 334 g/mol. The second-order valence-corrected chi connectivity index (χ2v) is 8.16. The van der Waals surface area contributed by atoms with Crippen LogP contribution in [0, 0.1) is 5.92 Å². The Bertz CT molecular complexity index is 469. The molecule has 0 aliphatic heterocycles. The van der Waals surface area contributed by atoms with Crippen molar-refractivity contribution in [1.29, 1.82) is 0 Å². The van der Waals surface area contributed by atoms with E-state index in [1.165, 1.54) is 0 Å². The standard InChI is InChI=1S/C12H19N3O2S3/c1-13-12(9(16)17)6-3-4-8(12)5-7-19-11-15-14-10(18-2)20-11/h8,13H,3-7H2,1-2H3,(H,16,17). The summed E-state index contributed by atoms with van der Waals surface area (Å²) in [7, 11) is 1.76. The zero-order valence-corrected chi connectivity index (χ0v) is 14.0. The largest absolute Gasteiger partial charge is 0.480 e. The molecule has 2 rings (SSSR count). The van der Waals surface area contributed by atoms with Crippen molar-refractivity contribution in [2.24, 2.45) is 5.92 Å². The van der Waals surface area contributed by atoms with E-state index in [-0.39, 0.29) is 5.92 Å². The quantitative estimate of drug-likeness (QED) is 0.743. The number of hydrogen-bond donors (Lipinski definition) is 2. The first-order valence-electron chi connectivity index (χ1n) is 6.55. The summed E-state index contributed by atoms with van der Waals surface area (Å²) in [6.07, 6.45) is 5.58. The fourth-order valence-corrected chi connectivity index (χ4v) is 5.37. The molecule has 0 aromatic carbocycles. The van der Waals surface area contributed by atoms with Gasteiger partial charge in [0.2, 0.25) is 0 Å². The Kier molecular flexibility index (Phi) is 5.71. The third-order valence-electron chi connectivity index (χ3n) is 3.90. The summed E-state index contributed by atoms with van der Waals surface area (Å²) < 4.78 is 1.95. The van der Waals surface area contributed by atoms with Crippen molar-refractivity contribution in [3.8, 4) is 0 Å². The molecular weight excluding hydrogens is 314 g/mol. The van der Waals surface area contributed by atoms with Crippen molar-refractivity contribution in [2.75, 3.05) is 19.1 Å². The highest BCUT2D eigenvalue weighted by Gasteiger charge is 2.47. The van der Waals surface area contributed by atoms with Crippen molar-refractivity contribution in [3.63, 3.8) is 0 Å². The summed E-state index contributed by atoms with van der Waals surface area (Å²) in [4.78, 5) is 11.5. The van der Waals surface area contributed by atoms with Crippen LogP contribution in [0.25, 0.3) is 0 Å². The second kappa shape index (κ2) is 7.11. The maximum absolute atomic E-state index is 11.5. The van der Waals surface area contributed by atoms with E-state index in [0.717, 1.165) is 40.1 Å². The Morgan fingerprint density at radius 1 is 1.55 bits per heavy atom. The maximum atomic E-state index is 11.5. The van der Waals surface area contributed by atoms with Gasteiger partial charge in [-0.15, -0.1) is 10.2 Å². The van der Waals surface area contributed by atoms with Crippen LogP contribution in [0.3, 0.4) is 0 Å². The number of aliphatic carboxylic acids is 1. The highest BCUT2D eigenvalue weighted by atomic mass is 32.2. The zero-order valence-electron chi connectivity index (χ0n) is 11.6. The van der Waals surface area contributed by atoms with Crippen LogP contribution in [0.2, 0.25) is 0 Å². The summed E-state index contributed by atoms with van der Waals surface area (Å²) in [5.74, 6) is 0.378. The number of aromatic nitrogens is 2. The van der Waals surface area contributed by atoms with Crippen molar-refractivity contribution < 1.29 is 9.90 Å². The van der Waals surface area contributed by atoms with E-state index >= 15 is 0 Å². The minimum atomic E-state index is -0.730. The molecule has 0 radical (unpaired) electrons. The van der Waals surface area contributed by atoms with Gasteiger partial charge >= 0.3 is 5.97 Å². The normalized spacial score (nSPS) is 26.0. The molecule has 1 fully saturated rings. The van der Waals surface area contributed by atoms with Crippen molar-refractivity contribution in [2.45, 2.75) is 39.9 Å². The van der Waals surface area contributed by atoms with E-state index in [1.54, 1.807) is 41.9 Å². The molecule has 0 bridgehead atoms. The molecule has 0 spiro atoms. The Morgan fingerprint density at radius 2 is 2.30 bits per heavy atom. The smallest absolute Gasteiger partial charge is 0.324 e. The highest BCUT2D eigenvalue weighted by molar-refractivity contribution is 8.02. The molecule has 2 atom stereocenters. The number of carboxylic acid groups (broad SMARTS) is 1. The molecule has 1 heterocycles. The average Bonchev–Trinajstić information content (AvgIpc) is 3.05. The van der Waals surface area contributed by atoms with Gasteiger partial charge in [-0.2, -0.15) is 0 Å². The minimum absolute atomic E-state index is 0.199. The molecule has 5 nitrogen and oxygen atoms in total. The Morgan fingerprint density at radius 3 is 2.90 bits per heavy atom. The summed E-state index contributed by atoms with van der Waals surface area (Å²) >= 11 is 4.88. The van der Waals surface area contributed by atoms with E-state index in [9.17, 15) is 9.90 Å². The van der Waals surface area contributed by atoms with E-state index < -0.39 is 11.5 Å². The van der Waals surface area contributed by atoms with Gasteiger partial charge in [-0.25, -0.2) is 0 Å². The summed E-state index contributed by atoms with van der Waals surface area (Å²) in [6, 6.07) is 0. The SMILES string of the molecule is CNC1(C(=O)O)CCCC1CCSc1nnc(SC)s1. The van der Waals surface area contributed by atoms with Gasteiger partial charge in [-0.1, -0.05) is 41.3 Å². The summed E-state index contributed by atoms with van der Waals surface area (Å²) in [5, 5.41) is 20.7. The molecule has 2 N–H and O–H groups in total. The van der Waals surface area contributed by atoms with E-state index in [4.69, 9.17) is 0 Å². The Hall–Kier alpha value is -0.310. The third kappa shape index (κ3) is 3.29. The Labute approximate surface area is 131 Å². The fraction of sp³-hybridized carbons (Fsp3) is 0.750. The molecule has 0 saturated heterocycles. The van der Waals surface area contributed by atoms with E-state index in [2.05, 4.69) is 15.5 Å². The van der Waals surface area contributed by atoms with Crippen LogP contribution in [0.5, 0.6) is 0 Å². The van der Waals surface area contributed by atoms with Crippen LogP contribution in [0.1, 0.15) is 25.7 Å². The van der Waals surface area contributed by atoms with Gasteiger partial charge in [0.05, 0.1) is 0 Å². The van der Waals surface area contributed by atoms with Crippen molar-refractivity contribution in [3.05, 3.63) is 0 Å². The Balaban J connectivity index is 1.88. The molecule has 8 heteroatoms. The van der Waals surface area contributed by atoms with Crippen LogP contribution < -0.4 is 5.32 Å². The lowest BCUT2D eigenvalue weighted by molar-refractivity contribution is -0.146. The van der Waals surface area contributed by atoms with Gasteiger partial charge < -0.3 is 10.4 Å². The summed E-state index contributed by atoms with van der Waals surface area (Å²) in [5.41, 5.74) is -0.730. The molecule has 1 aromatic heterocycles. The zero-order chi connectivity index (χ0) is 14.6. The number of hydrogen-bond acceptors (Lipinski definition) is 7. The minimum Gasteiger partial charge on any atom is -0.480 e. The van der Waals surface area contributed by atoms with Gasteiger partial charge in [-0.05, 0) is 38.5 Å². The van der Waals surface area contributed by atoms with Gasteiger partial charge in [0, 0.05) is 5.75 Å². The van der Waals surface area contributed by atoms with Gasteiger partial charge in [0.25, 0.3) is 0 Å². The molecular formula is C12H19N3O2S3. The molecule has 0 amide bonds. The summed E-state index contributed by atoms with van der Waals surface area (Å²) in [6.45, 7) is 0. The first kappa shape index (κ1) is 16.1. The molecule has 1 aliphatic carbocycles. The van der Waals surface area contributed by atoms with Crippen LogP contribution in [0.15, 0.2) is 8.68 Å². The van der Waals surface area contributed by atoms with Gasteiger partial charge in [0.1, 0.15) is 5.54 Å². The molecule has 1 saturated carbocycles. The van der Waals surface area contributed by atoms with Gasteiger partial charge in [0.15, 0.2) is 8.68 Å². The second-order valence-electron chi connectivity index (χ2n) is 4.79. The lowest BCUT2D eigenvalue weighted by Crippen LogP contribution is -2.53. The number of nitrogens with zero attached hydrogens (tertiary/aromatic N) is 2. The predicted octanol–water partition coefficient (Wildman–Crippen LogP) is 2.59. The molecule has 112 valence electrons. The highest BCUT2D eigenvalue weighted by Crippen LogP contribution is 2.39. The molecule has 1 aliphatic rings. The molecule has 1 aromatic rings. The van der Waals surface area contributed by atoms with Crippen molar-refractivity contribution >= 4 is 40.8 Å². The number of likely N-dealkylation sites (N-methyl/N-ethyl adjacent to an activating group) is 1. The molecule has 2 unspecified atom stereocenters. The number of carbonyl (C=O) groups is 1. The number of thioether (sulfide) groups is 2. The number of nitrogens with one attached hydrogen (secondary N) is 1. The molecule has 20 heavy (non-hydrogen) atoms. The van der Waals surface area contributed by atoms with Crippen LogP contribution in [0.4, 0.5) is 0 Å². The van der Waals surface area contributed by atoms with Gasteiger partial charge in [-0.3, -0.25) is 4.79 Å². The third-order valence-corrected chi connectivity index (χ3v) is 6.97. The lowest BCUT2D eigenvalue weighted by Gasteiger charge is -2.30. The number of rotatable bonds is 7. The number of carboxylic acids is 1.